The molecule has 5 nitrogen and oxygen atoms in total. The number of ether oxygens (including phenoxy) is 1. The predicted molar refractivity (Wildman–Crippen MR) is 103 cm³/mol. The van der Waals surface area contributed by atoms with E-state index < -0.39 is 9.84 Å². The molecule has 26 heavy (non-hydrogen) atoms. The number of nitrogens with one attached hydrogen (secondary N) is 1. The molecular weight excluding hydrogens is 348 g/mol. The Labute approximate surface area is 151 Å². The molecule has 4 aromatic rings. The zero-order valence-electron chi connectivity index (χ0n) is 14.5. The maximum absolute atomic E-state index is 12.3. The zero-order chi connectivity index (χ0) is 18.3. The summed E-state index contributed by atoms with van der Waals surface area (Å²) in [7, 11) is -1.63. The molecule has 2 aromatic heterocycles. The van der Waals surface area contributed by atoms with Crippen LogP contribution in [0, 0.1) is 0 Å². The molecule has 0 saturated carbocycles. The maximum Gasteiger partial charge on any atom is 0.178 e. The van der Waals surface area contributed by atoms with Gasteiger partial charge in [-0.3, -0.25) is 0 Å². The van der Waals surface area contributed by atoms with Crippen molar-refractivity contribution in [2.75, 3.05) is 12.9 Å². The van der Waals surface area contributed by atoms with Crippen LogP contribution in [0.3, 0.4) is 0 Å². The van der Waals surface area contributed by atoms with Crippen molar-refractivity contribution < 1.29 is 13.2 Å². The molecule has 0 radical (unpaired) electrons. The molecule has 0 amide bonds. The molecule has 0 saturated heterocycles. The number of hydrogen-bond donors (Lipinski definition) is 1. The van der Waals surface area contributed by atoms with E-state index in [0.717, 1.165) is 38.8 Å². The second-order valence-corrected chi connectivity index (χ2v) is 8.30. The Hall–Kier alpha value is -2.86. The van der Waals surface area contributed by atoms with Gasteiger partial charge >= 0.3 is 0 Å². The molecule has 0 aliphatic carbocycles. The lowest BCUT2D eigenvalue weighted by Gasteiger charge is -2.07. The van der Waals surface area contributed by atoms with Gasteiger partial charge < -0.3 is 9.72 Å². The first kappa shape index (κ1) is 16.6. The number of H-pyrrole nitrogens is 1. The standard InChI is InChI=1S/C20H18N2O3S/c1-3-26(23,24)14-7-4-6-13(12-14)15-10-11-21-20-18(15)16-8-5-9-17(25-2)19(16)22-20/h4-12H,3H2,1-2H3,(H,21,22). The SMILES string of the molecule is CCS(=O)(=O)c1cccc(-c2ccnc3[nH]c4c(OC)cccc4c23)c1. The molecule has 4 rings (SSSR count). The highest BCUT2D eigenvalue weighted by Crippen LogP contribution is 2.37. The number of rotatable bonds is 4. The molecule has 0 bridgehead atoms. The number of pyridine rings is 1. The van der Waals surface area contributed by atoms with Gasteiger partial charge in [0.15, 0.2) is 9.84 Å². The summed E-state index contributed by atoms with van der Waals surface area (Å²) in [5.74, 6) is 0.820. The van der Waals surface area contributed by atoms with E-state index in [9.17, 15) is 8.42 Å². The maximum atomic E-state index is 12.3. The summed E-state index contributed by atoms with van der Waals surface area (Å²) < 4.78 is 30.0. The Morgan fingerprint density at radius 3 is 2.69 bits per heavy atom. The second kappa shape index (κ2) is 6.14. The fraction of sp³-hybridized carbons (Fsp3) is 0.150. The summed E-state index contributed by atoms with van der Waals surface area (Å²) in [5, 5.41) is 1.94. The number of benzene rings is 2. The van der Waals surface area contributed by atoms with Crippen LogP contribution in [0.2, 0.25) is 0 Å². The molecule has 1 N–H and O–H groups in total. The molecule has 6 heteroatoms. The van der Waals surface area contributed by atoms with E-state index in [4.69, 9.17) is 4.74 Å². The first-order chi connectivity index (χ1) is 12.5. The Kier molecular flexibility index (Phi) is 3.92. The van der Waals surface area contributed by atoms with Crippen LogP contribution >= 0.6 is 0 Å². The fourth-order valence-electron chi connectivity index (χ4n) is 3.25. The number of nitrogens with zero attached hydrogens (tertiary/aromatic N) is 1. The molecule has 0 spiro atoms. The molecule has 0 unspecified atom stereocenters. The number of para-hydroxylation sites is 1. The molecule has 132 valence electrons. The van der Waals surface area contributed by atoms with E-state index in [1.807, 2.05) is 30.3 Å². The average Bonchev–Trinajstić information content (AvgIpc) is 3.07. The van der Waals surface area contributed by atoms with Crippen LogP contribution < -0.4 is 4.74 Å². The molecule has 0 aliphatic heterocycles. The van der Waals surface area contributed by atoms with Gasteiger partial charge in [0.25, 0.3) is 0 Å². The van der Waals surface area contributed by atoms with Crippen molar-refractivity contribution in [2.45, 2.75) is 11.8 Å². The Morgan fingerprint density at radius 1 is 1.12 bits per heavy atom. The Bertz CT molecular complexity index is 1230. The average molecular weight is 366 g/mol. The normalized spacial score (nSPS) is 11.9. The van der Waals surface area contributed by atoms with Crippen LogP contribution in [-0.4, -0.2) is 31.2 Å². The second-order valence-electron chi connectivity index (χ2n) is 6.02. The van der Waals surface area contributed by atoms with E-state index >= 15 is 0 Å². The number of hydrogen-bond acceptors (Lipinski definition) is 4. The minimum Gasteiger partial charge on any atom is -0.495 e. The third-order valence-corrected chi connectivity index (χ3v) is 6.33. The highest BCUT2D eigenvalue weighted by Gasteiger charge is 2.16. The van der Waals surface area contributed by atoms with Crippen LogP contribution in [0.15, 0.2) is 59.6 Å². The van der Waals surface area contributed by atoms with Gasteiger partial charge in [-0.15, -0.1) is 0 Å². The van der Waals surface area contributed by atoms with Crippen molar-refractivity contribution in [2.24, 2.45) is 0 Å². The van der Waals surface area contributed by atoms with E-state index in [2.05, 4.69) is 9.97 Å². The van der Waals surface area contributed by atoms with Crippen LogP contribution in [0.4, 0.5) is 0 Å². The van der Waals surface area contributed by atoms with Gasteiger partial charge in [0.2, 0.25) is 0 Å². The number of aromatic nitrogens is 2. The van der Waals surface area contributed by atoms with Gasteiger partial charge in [-0.25, -0.2) is 13.4 Å². The van der Waals surface area contributed by atoms with E-state index in [-0.39, 0.29) is 5.75 Å². The van der Waals surface area contributed by atoms with Crippen molar-refractivity contribution in [3.63, 3.8) is 0 Å². The summed E-state index contributed by atoms with van der Waals surface area (Å²) in [6.45, 7) is 1.65. The minimum absolute atomic E-state index is 0.0759. The highest BCUT2D eigenvalue weighted by molar-refractivity contribution is 7.91. The molecule has 0 fully saturated rings. The summed E-state index contributed by atoms with van der Waals surface area (Å²) in [6.07, 6.45) is 1.72. The summed E-state index contributed by atoms with van der Waals surface area (Å²) in [5.41, 5.74) is 3.39. The number of aromatic amines is 1. The quantitative estimate of drug-likeness (QED) is 0.588. The monoisotopic (exact) mass is 366 g/mol. The highest BCUT2D eigenvalue weighted by atomic mass is 32.2. The van der Waals surface area contributed by atoms with E-state index in [1.165, 1.54) is 0 Å². The lowest BCUT2D eigenvalue weighted by Crippen LogP contribution is -2.03. The molecule has 0 atom stereocenters. The number of sulfone groups is 1. The van der Waals surface area contributed by atoms with Crippen LogP contribution in [-0.2, 0) is 9.84 Å². The third-order valence-electron chi connectivity index (χ3n) is 4.59. The summed E-state index contributed by atoms with van der Waals surface area (Å²) in [4.78, 5) is 8.08. The lowest BCUT2D eigenvalue weighted by molar-refractivity contribution is 0.419. The number of methoxy groups -OCH3 is 1. The van der Waals surface area contributed by atoms with Crippen molar-refractivity contribution in [1.82, 2.24) is 9.97 Å². The van der Waals surface area contributed by atoms with Crippen molar-refractivity contribution in [1.29, 1.82) is 0 Å². The minimum atomic E-state index is -3.27. The molecular formula is C20H18N2O3S. The van der Waals surface area contributed by atoms with Crippen molar-refractivity contribution in [3.05, 3.63) is 54.7 Å². The summed E-state index contributed by atoms with van der Waals surface area (Å²) >= 11 is 0. The molecule has 2 aromatic carbocycles. The van der Waals surface area contributed by atoms with Gasteiger partial charge in [-0.2, -0.15) is 0 Å². The zero-order valence-corrected chi connectivity index (χ0v) is 15.3. The summed E-state index contributed by atoms with van der Waals surface area (Å²) in [6, 6.07) is 14.8. The van der Waals surface area contributed by atoms with Crippen LogP contribution in [0.5, 0.6) is 5.75 Å². The van der Waals surface area contributed by atoms with E-state index in [0.29, 0.717) is 4.90 Å². The topological polar surface area (TPSA) is 72.0 Å². The Balaban J connectivity index is 2.03. The third kappa shape index (κ3) is 2.54. The largest absolute Gasteiger partial charge is 0.495 e. The first-order valence-corrected chi connectivity index (χ1v) is 9.97. The van der Waals surface area contributed by atoms with Gasteiger partial charge in [-0.05, 0) is 35.4 Å². The van der Waals surface area contributed by atoms with Crippen LogP contribution in [0.1, 0.15) is 6.92 Å². The smallest absolute Gasteiger partial charge is 0.178 e. The molecule has 0 aliphatic rings. The van der Waals surface area contributed by atoms with Crippen molar-refractivity contribution >= 4 is 31.8 Å². The van der Waals surface area contributed by atoms with Crippen LogP contribution in [0.25, 0.3) is 33.1 Å². The fourth-order valence-corrected chi connectivity index (χ4v) is 4.18. The van der Waals surface area contributed by atoms with Gasteiger partial charge in [0.1, 0.15) is 11.4 Å². The van der Waals surface area contributed by atoms with Gasteiger partial charge in [0.05, 0.1) is 23.3 Å². The molecule has 2 heterocycles. The Morgan fingerprint density at radius 2 is 1.92 bits per heavy atom. The van der Waals surface area contributed by atoms with Gasteiger partial charge in [-0.1, -0.05) is 31.2 Å². The predicted octanol–water partition coefficient (Wildman–Crippen LogP) is 4.19. The van der Waals surface area contributed by atoms with Gasteiger partial charge in [0, 0.05) is 17.0 Å². The lowest BCUT2D eigenvalue weighted by atomic mass is 10.0. The first-order valence-electron chi connectivity index (χ1n) is 8.31. The number of fused-ring (bicyclic) bond motifs is 3. The van der Waals surface area contributed by atoms with E-state index in [1.54, 1.807) is 38.4 Å². The van der Waals surface area contributed by atoms with Crippen molar-refractivity contribution in [3.8, 4) is 16.9 Å².